The topological polar surface area (TPSA) is 185 Å². The van der Waals surface area contributed by atoms with Crippen LogP contribution in [0.1, 0.15) is 158 Å². The lowest BCUT2D eigenvalue weighted by atomic mass is 9.77. The number of esters is 1. The normalized spacial score (nSPS) is 29.0. The molecule has 0 radical (unpaired) electrons. The smallest absolute Gasteiger partial charge is 0.302 e. The first-order valence-electron chi connectivity index (χ1n) is 26.4. The van der Waals surface area contributed by atoms with Crippen molar-refractivity contribution in [1.82, 2.24) is 15.5 Å². The first-order valence-corrected chi connectivity index (χ1v) is 28.7. The summed E-state index contributed by atoms with van der Waals surface area (Å²) in [5.74, 6) is 2.83. The van der Waals surface area contributed by atoms with Crippen molar-refractivity contribution >= 4 is 39.4 Å². The molecule has 12 nitrogen and oxygen atoms in total. The lowest BCUT2D eigenvalue weighted by Crippen LogP contribution is -2.55. The summed E-state index contributed by atoms with van der Waals surface area (Å²) < 4.78 is 12.4. The molecule has 6 aliphatic rings. The second kappa shape index (κ2) is 23.9. The van der Waals surface area contributed by atoms with Crippen LogP contribution in [0.3, 0.4) is 0 Å². The van der Waals surface area contributed by atoms with Crippen molar-refractivity contribution in [1.29, 1.82) is 0 Å². The quantitative estimate of drug-likeness (QED) is 0.109. The molecule has 3 heterocycles. The van der Waals surface area contributed by atoms with Gasteiger partial charge in [-0.3, -0.25) is 14.6 Å². The lowest BCUT2D eigenvalue weighted by Gasteiger charge is -2.44. The van der Waals surface area contributed by atoms with Crippen LogP contribution < -0.4 is 26.8 Å². The van der Waals surface area contributed by atoms with Gasteiger partial charge < -0.3 is 46.7 Å². The maximum absolute atomic E-state index is 14.3. The molecule has 8 rings (SSSR count). The Morgan fingerprint density at radius 3 is 2.49 bits per heavy atom. The zero-order chi connectivity index (χ0) is 48.3. The molecular formula is C55H80N6O6S2. The number of ether oxygens (including phenoxy) is 2. The first kappa shape index (κ1) is 51.3. The Hall–Kier alpha value is -4.01. The number of guanidine groups is 1. The Labute approximate surface area is 419 Å². The van der Waals surface area contributed by atoms with E-state index in [4.69, 9.17) is 25.9 Å². The highest BCUT2D eigenvalue weighted by atomic mass is 33.1. The molecule has 378 valence electrons. The van der Waals surface area contributed by atoms with Gasteiger partial charge in [-0.25, -0.2) is 0 Å². The van der Waals surface area contributed by atoms with E-state index in [1.807, 2.05) is 44.7 Å². The monoisotopic (exact) mass is 985 g/mol. The molecule has 8 N–H and O–H groups in total. The number of carbonyl (C=O) groups is 2. The van der Waals surface area contributed by atoms with Gasteiger partial charge in [0, 0.05) is 68.1 Å². The van der Waals surface area contributed by atoms with Crippen molar-refractivity contribution in [3.8, 4) is 11.5 Å². The Bertz CT molecular complexity index is 2140. The summed E-state index contributed by atoms with van der Waals surface area (Å²) >= 11 is 0. The molecule has 3 aliphatic carbocycles. The van der Waals surface area contributed by atoms with Gasteiger partial charge in [0.05, 0.1) is 18.0 Å². The molecule has 3 saturated carbocycles. The number of hydrogen-bond acceptors (Lipinski definition) is 13. The van der Waals surface area contributed by atoms with Gasteiger partial charge in [-0.15, -0.1) is 0 Å². The van der Waals surface area contributed by atoms with Gasteiger partial charge in [-0.1, -0.05) is 89.7 Å². The number of aliphatic imine (C=N–C) groups is 1. The fourth-order valence-corrected chi connectivity index (χ4v) is 16.5. The summed E-state index contributed by atoms with van der Waals surface area (Å²) in [6.07, 6.45) is 24.3. The molecule has 4 bridgehead atoms. The van der Waals surface area contributed by atoms with Crippen molar-refractivity contribution < 1.29 is 29.3 Å². The number of dihydropyridines is 1. The van der Waals surface area contributed by atoms with Crippen molar-refractivity contribution in [2.75, 3.05) is 25.4 Å². The van der Waals surface area contributed by atoms with Crippen LogP contribution >= 0.6 is 21.6 Å². The van der Waals surface area contributed by atoms with Crippen LogP contribution in [-0.2, 0) is 33.7 Å². The number of phenols is 1. The maximum Gasteiger partial charge on any atom is 0.302 e. The van der Waals surface area contributed by atoms with Gasteiger partial charge in [0.15, 0.2) is 17.5 Å². The highest BCUT2D eigenvalue weighted by molar-refractivity contribution is 8.77. The number of allylic oxidation sites excluding steroid dienone is 2. The van der Waals surface area contributed by atoms with Crippen LogP contribution in [0.5, 0.6) is 11.5 Å². The van der Waals surface area contributed by atoms with E-state index in [0.717, 1.165) is 81.1 Å². The molecule has 69 heavy (non-hydrogen) atoms. The van der Waals surface area contributed by atoms with E-state index in [1.165, 1.54) is 51.0 Å². The van der Waals surface area contributed by atoms with Crippen LogP contribution in [0.2, 0.25) is 0 Å². The van der Waals surface area contributed by atoms with E-state index in [2.05, 4.69) is 47.0 Å². The van der Waals surface area contributed by atoms with E-state index < -0.39 is 17.6 Å². The van der Waals surface area contributed by atoms with Crippen LogP contribution in [0.25, 0.3) is 0 Å². The number of nitrogens with two attached hydrogens (primary N) is 2. The van der Waals surface area contributed by atoms with Crippen LogP contribution in [0.4, 0.5) is 0 Å². The number of fused-ring (bicyclic) bond motifs is 5. The maximum atomic E-state index is 14.3. The highest BCUT2D eigenvalue weighted by Crippen LogP contribution is 2.63. The van der Waals surface area contributed by atoms with E-state index in [-0.39, 0.29) is 40.6 Å². The van der Waals surface area contributed by atoms with Gasteiger partial charge in [0.25, 0.3) is 0 Å². The number of nitrogens with one attached hydrogen (secondary N) is 2. The highest BCUT2D eigenvalue weighted by Gasteiger charge is 2.57. The van der Waals surface area contributed by atoms with Crippen molar-refractivity contribution in [2.45, 2.75) is 184 Å². The molecule has 2 aromatic carbocycles. The molecule has 2 spiro atoms. The molecule has 0 aromatic heterocycles. The lowest BCUT2D eigenvalue weighted by molar-refractivity contribution is -0.148. The average Bonchev–Trinajstić information content (AvgIpc) is 4.14. The summed E-state index contributed by atoms with van der Waals surface area (Å²) in [6.45, 7) is 3.26. The van der Waals surface area contributed by atoms with E-state index in [9.17, 15) is 19.8 Å². The Kier molecular flexibility index (Phi) is 17.8. The molecule has 1 saturated heterocycles. The first-order chi connectivity index (χ1) is 33.4. The van der Waals surface area contributed by atoms with Crippen LogP contribution in [-0.4, -0.2) is 81.5 Å². The number of aliphatic hydroxyl groups excluding tert-OH is 1. The van der Waals surface area contributed by atoms with Crippen molar-refractivity contribution in [2.24, 2.45) is 33.2 Å². The summed E-state index contributed by atoms with van der Waals surface area (Å²) in [7, 11) is 4.02. The predicted octanol–water partition coefficient (Wildman–Crippen LogP) is 9.71. The minimum absolute atomic E-state index is 0.0167. The van der Waals surface area contributed by atoms with Gasteiger partial charge in [0.1, 0.15) is 11.0 Å². The summed E-state index contributed by atoms with van der Waals surface area (Å²) in [5.41, 5.74) is 17.0. The minimum atomic E-state index is -0.603. The zero-order valence-electron chi connectivity index (χ0n) is 41.2. The second-order valence-electron chi connectivity index (χ2n) is 21.5. The summed E-state index contributed by atoms with van der Waals surface area (Å²) in [6, 6.07) is 14.7. The van der Waals surface area contributed by atoms with E-state index in [0.29, 0.717) is 93.6 Å². The van der Waals surface area contributed by atoms with Gasteiger partial charge >= 0.3 is 5.97 Å². The summed E-state index contributed by atoms with van der Waals surface area (Å²) in [4.78, 5) is 33.5. The number of rotatable bonds is 8. The molecule has 14 heteroatoms. The molecule has 1 amide bonds. The molecular weight excluding hydrogens is 905 g/mol. The Morgan fingerprint density at radius 2 is 1.71 bits per heavy atom. The number of hydrogen-bond donors (Lipinski definition) is 6. The Balaban J connectivity index is 1.09. The number of aliphatic hydroxyl groups is 1. The fourth-order valence-electron chi connectivity index (χ4n) is 12.6. The number of benzene rings is 2. The second-order valence-corrected chi connectivity index (χ2v) is 24.1. The standard InChI is InChI=1S/C55H80N6O6S2/c1-39(62)66-47-21-20-42-30-44(51(65)48(31-42)67-46-16-7-8-17-46)36-61-38-53(35-50(61)64,34-43-22-28-58-49(56)32-43)27-29-59-52(57)60-55(26-11-25-54(55)23-9-10-24-54)69-68-37-41(14-5-6-15-45(63)33-47)19-18-40-12-3-2-4-13-40/h2-4,12-13,22,30-32,41,45-47,58,63,65H,5-11,14-21,23-29,33-38,56H2,1H3,(H3,57,59,60). The fraction of sp³-hybridized carbons (Fsp3) is 0.655. The molecule has 3 aliphatic heterocycles. The van der Waals surface area contributed by atoms with Crippen molar-refractivity contribution in [3.05, 3.63) is 82.7 Å². The number of aryl methyl sites for hydroxylation is 2. The number of nitrogens with zero attached hydrogens (tertiary/aromatic N) is 2. The van der Waals surface area contributed by atoms with E-state index >= 15 is 0 Å². The molecule has 4 fully saturated rings. The number of phenolic OH excluding ortho intramolecular Hbond substituents is 1. The van der Waals surface area contributed by atoms with Gasteiger partial charge in [0.2, 0.25) is 5.91 Å². The third kappa shape index (κ3) is 13.7. The van der Waals surface area contributed by atoms with E-state index in [1.54, 1.807) is 0 Å². The van der Waals surface area contributed by atoms with Gasteiger partial charge in [-0.05, 0) is 144 Å². The number of aromatic hydroxyl groups is 1. The molecule has 2 aromatic rings. The SMILES string of the molecule is CC(=O)OC1CCc2cc(c(O)c(OC3CCCC3)c2)CN2CC(CC3=CCNC(N)=C3)(CCN=C(N)NC3(CCCC34CCCC4)SSCC(CCc3ccccc3)CCCCC(O)C1)CC2=O. The van der Waals surface area contributed by atoms with Crippen LogP contribution in [0, 0.1) is 16.7 Å². The largest absolute Gasteiger partial charge is 0.504 e. The number of carbonyl (C=O) groups excluding carboxylic acids is 2. The summed E-state index contributed by atoms with van der Waals surface area (Å²) in [5, 5.41) is 30.4. The number of amides is 1. The predicted molar refractivity (Wildman–Crippen MR) is 279 cm³/mol. The third-order valence-electron chi connectivity index (χ3n) is 16.2. The third-order valence-corrected chi connectivity index (χ3v) is 19.6. The average molecular weight is 985 g/mol. The van der Waals surface area contributed by atoms with Crippen LogP contribution in [0.15, 0.2) is 71.0 Å². The molecule has 5 unspecified atom stereocenters. The molecule has 5 atom stereocenters. The van der Waals surface area contributed by atoms with Crippen molar-refractivity contribution in [3.63, 3.8) is 0 Å². The Morgan fingerprint density at radius 1 is 0.942 bits per heavy atom. The van der Waals surface area contributed by atoms with Gasteiger partial charge in [-0.2, -0.15) is 0 Å². The minimum Gasteiger partial charge on any atom is -0.504 e. The zero-order valence-corrected chi connectivity index (χ0v) is 42.8.